The number of aliphatic hydroxyl groups excluding tert-OH is 1. The van der Waals surface area contributed by atoms with Gasteiger partial charge in [-0.25, -0.2) is 0 Å². The molecule has 1 aromatic carbocycles. The van der Waals surface area contributed by atoms with Crippen LogP contribution in [0.1, 0.15) is 53.5 Å². The van der Waals surface area contributed by atoms with Crippen molar-refractivity contribution in [3.8, 4) is 0 Å². The summed E-state index contributed by atoms with van der Waals surface area (Å²) in [6.45, 7) is 1.94. The second-order valence-corrected chi connectivity index (χ2v) is 7.46. The van der Waals surface area contributed by atoms with Gasteiger partial charge in [-0.1, -0.05) is 24.3 Å². The third kappa shape index (κ3) is 3.60. The summed E-state index contributed by atoms with van der Waals surface area (Å²) in [5, 5.41) is 14.7. The minimum Gasteiger partial charge on any atom is -0.387 e. The molecule has 1 unspecified atom stereocenters. The lowest BCUT2D eigenvalue weighted by Gasteiger charge is -2.31. The minimum atomic E-state index is -0.529. The van der Waals surface area contributed by atoms with Crippen LogP contribution >= 0.6 is 0 Å². The highest BCUT2D eigenvalue weighted by atomic mass is 16.3. The number of para-hydroxylation sites is 1. The summed E-state index contributed by atoms with van der Waals surface area (Å²) in [7, 11) is 0. The number of aryl methyl sites for hydroxylation is 1. The average molecular weight is 363 g/mol. The summed E-state index contributed by atoms with van der Waals surface area (Å²) in [6, 6.07) is 13.7. The number of benzene rings is 1. The molecule has 0 saturated heterocycles. The van der Waals surface area contributed by atoms with Crippen molar-refractivity contribution in [1.29, 1.82) is 0 Å². The Morgan fingerprint density at radius 1 is 1.15 bits per heavy atom. The fourth-order valence-electron chi connectivity index (χ4n) is 4.20. The number of carbonyl (C=O) groups is 1. The van der Waals surface area contributed by atoms with E-state index in [1.807, 2.05) is 49.4 Å². The maximum Gasteiger partial charge on any atom is 0.253 e. The molecule has 27 heavy (non-hydrogen) atoms. The maximum atomic E-state index is 12.9. The lowest BCUT2D eigenvalue weighted by Crippen LogP contribution is -2.38. The first-order chi connectivity index (χ1) is 13.1. The molecule has 0 aliphatic heterocycles. The van der Waals surface area contributed by atoms with Crippen LogP contribution in [-0.4, -0.2) is 27.0 Å². The number of pyridine rings is 1. The van der Waals surface area contributed by atoms with Crippen LogP contribution in [0.5, 0.6) is 0 Å². The zero-order valence-electron chi connectivity index (χ0n) is 15.5. The normalized spacial score (nSPS) is 21.1. The van der Waals surface area contributed by atoms with E-state index in [0.717, 1.165) is 53.5 Å². The number of nitrogens with zero attached hydrogens (tertiary/aromatic N) is 1. The lowest BCUT2D eigenvalue weighted by atomic mass is 9.81. The van der Waals surface area contributed by atoms with Crippen molar-refractivity contribution in [3.05, 3.63) is 65.6 Å². The Bertz CT molecular complexity index is 927. The molecule has 140 valence electrons. The van der Waals surface area contributed by atoms with Crippen LogP contribution in [0.15, 0.2) is 48.7 Å². The highest BCUT2D eigenvalue weighted by molar-refractivity contribution is 6.08. The van der Waals surface area contributed by atoms with Gasteiger partial charge in [-0.05, 0) is 56.7 Å². The second-order valence-electron chi connectivity index (χ2n) is 7.46. The van der Waals surface area contributed by atoms with Gasteiger partial charge in [0, 0.05) is 28.8 Å². The van der Waals surface area contributed by atoms with Crippen molar-refractivity contribution in [2.45, 2.75) is 44.8 Å². The van der Waals surface area contributed by atoms with E-state index >= 15 is 0 Å². The number of hydrogen-bond acceptors (Lipinski definition) is 3. The predicted octanol–water partition coefficient (Wildman–Crippen LogP) is 3.89. The van der Waals surface area contributed by atoms with Crippen molar-refractivity contribution in [2.24, 2.45) is 5.92 Å². The van der Waals surface area contributed by atoms with Gasteiger partial charge in [-0.15, -0.1) is 0 Å². The Morgan fingerprint density at radius 3 is 2.63 bits per heavy atom. The number of amides is 1. The van der Waals surface area contributed by atoms with Crippen molar-refractivity contribution >= 4 is 16.8 Å². The first-order valence-electron chi connectivity index (χ1n) is 9.60. The fourth-order valence-corrected chi connectivity index (χ4v) is 4.20. The summed E-state index contributed by atoms with van der Waals surface area (Å²) >= 11 is 0. The smallest absolute Gasteiger partial charge is 0.253 e. The number of H-pyrrole nitrogens is 1. The van der Waals surface area contributed by atoms with Crippen LogP contribution in [0.3, 0.4) is 0 Å². The number of nitrogens with one attached hydrogen (secondary N) is 2. The Hall–Kier alpha value is -2.66. The van der Waals surface area contributed by atoms with Gasteiger partial charge in [0.1, 0.15) is 0 Å². The molecule has 1 saturated carbocycles. The molecule has 1 amide bonds. The van der Waals surface area contributed by atoms with Crippen LogP contribution in [0.25, 0.3) is 10.9 Å². The van der Waals surface area contributed by atoms with Crippen LogP contribution in [-0.2, 0) is 0 Å². The molecule has 1 atom stereocenters. The summed E-state index contributed by atoms with van der Waals surface area (Å²) in [6.07, 6.45) is 4.71. The number of hydrogen-bond donors (Lipinski definition) is 3. The molecule has 2 aromatic heterocycles. The van der Waals surface area contributed by atoms with Gasteiger partial charge in [0.2, 0.25) is 0 Å². The Balaban J connectivity index is 1.39. The first-order valence-corrected chi connectivity index (χ1v) is 9.60. The van der Waals surface area contributed by atoms with Crippen LogP contribution in [0, 0.1) is 12.8 Å². The molecule has 0 radical (unpaired) electrons. The highest BCUT2D eigenvalue weighted by Gasteiger charge is 2.29. The van der Waals surface area contributed by atoms with Gasteiger partial charge in [0.15, 0.2) is 0 Å². The van der Waals surface area contributed by atoms with Crippen LogP contribution in [0.2, 0.25) is 0 Å². The molecular formula is C22H25N3O2. The van der Waals surface area contributed by atoms with Gasteiger partial charge in [-0.2, -0.15) is 0 Å². The molecule has 0 bridgehead atoms. The van der Waals surface area contributed by atoms with Gasteiger partial charge >= 0.3 is 0 Å². The summed E-state index contributed by atoms with van der Waals surface area (Å²) in [5.41, 5.74) is 3.36. The van der Waals surface area contributed by atoms with E-state index in [2.05, 4.69) is 15.3 Å². The Morgan fingerprint density at radius 2 is 1.89 bits per heavy atom. The molecule has 2 heterocycles. The third-order valence-corrected chi connectivity index (χ3v) is 5.67. The van der Waals surface area contributed by atoms with Gasteiger partial charge in [-0.3, -0.25) is 9.78 Å². The molecular weight excluding hydrogens is 338 g/mol. The summed E-state index contributed by atoms with van der Waals surface area (Å²) in [5.74, 6) is 0.182. The van der Waals surface area contributed by atoms with Gasteiger partial charge < -0.3 is 15.4 Å². The molecule has 5 nitrogen and oxygen atoms in total. The largest absolute Gasteiger partial charge is 0.387 e. The highest BCUT2D eigenvalue weighted by Crippen LogP contribution is 2.34. The second kappa shape index (κ2) is 7.53. The molecule has 4 rings (SSSR count). The molecule has 3 aromatic rings. The van der Waals surface area contributed by atoms with Crippen LogP contribution in [0.4, 0.5) is 0 Å². The quantitative estimate of drug-likeness (QED) is 0.658. The van der Waals surface area contributed by atoms with Crippen molar-refractivity contribution in [2.75, 3.05) is 0 Å². The predicted molar refractivity (Wildman–Crippen MR) is 105 cm³/mol. The number of fused-ring (bicyclic) bond motifs is 1. The Kier molecular flexibility index (Phi) is 4.94. The van der Waals surface area contributed by atoms with E-state index in [-0.39, 0.29) is 17.9 Å². The summed E-state index contributed by atoms with van der Waals surface area (Å²) < 4.78 is 0. The number of aliphatic hydroxyl groups is 1. The van der Waals surface area contributed by atoms with Crippen molar-refractivity contribution < 1.29 is 9.90 Å². The van der Waals surface area contributed by atoms with E-state index in [4.69, 9.17) is 0 Å². The van der Waals surface area contributed by atoms with Crippen molar-refractivity contribution in [1.82, 2.24) is 15.3 Å². The Labute approximate surface area is 158 Å². The standard InChI is InChI=1S/C22H25N3O2/c1-14-20(17-6-2-3-7-18(17)24-14)22(27)25-16-11-9-15(10-12-16)21(26)19-8-4-5-13-23-19/h2-8,13,15-16,21,24,26H,9-12H2,1H3,(H,25,27). The molecule has 0 spiro atoms. The molecule has 1 fully saturated rings. The zero-order valence-corrected chi connectivity index (χ0v) is 15.5. The molecule has 3 N–H and O–H groups in total. The van der Waals surface area contributed by atoms with E-state index in [9.17, 15) is 9.90 Å². The number of aromatic amines is 1. The molecule has 1 aliphatic carbocycles. The van der Waals surface area contributed by atoms with Gasteiger partial charge in [0.05, 0.1) is 17.4 Å². The number of aromatic nitrogens is 2. The zero-order chi connectivity index (χ0) is 18.8. The fraction of sp³-hybridized carbons (Fsp3) is 0.364. The maximum absolute atomic E-state index is 12.9. The number of carbonyl (C=O) groups excluding carboxylic acids is 1. The number of rotatable bonds is 4. The van der Waals surface area contributed by atoms with Crippen molar-refractivity contribution in [3.63, 3.8) is 0 Å². The topological polar surface area (TPSA) is 78.0 Å². The van der Waals surface area contributed by atoms with E-state index in [1.54, 1.807) is 6.20 Å². The monoisotopic (exact) mass is 363 g/mol. The van der Waals surface area contributed by atoms with Crippen LogP contribution < -0.4 is 5.32 Å². The van der Waals surface area contributed by atoms with E-state index in [0.29, 0.717) is 0 Å². The van der Waals surface area contributed by atoms with E-state index < -0.39 is 6.10 Å². The SMILES string of the molecule is Cc1[nH]c2ccccc2c1C(=O)NC1CCC(C(O)c2ccccn2)CC1. The van der Waals surface area contributed by atoms with E-state index in [1.165, 1.54) is 0 Å². The lowest BCUT2D eigenvalue weighted by molar-refractivity contribution is 0.0712. The average Bonchev–Trinajstić information content (AvgIpc) is 3.04. The molecule has 5 heteroatoms. The third-order valence-electron chi connectivity index (χ3n) is 5.67. The van der Waals surface area contributed by atoms with Gasteiger partial charge in [0.25, 0.3) is 5.91 Å². The molecule has 1 aliphatic rings. The first kappa shape index (κ1) is 17.7. The minimum absolute atomic E-state index is 0.0151. The summed E-state index contributed by atoms with van der Waals surface area (Å²) in [4.78, 5) is 20.4.